The van der Waals surface area contributed by atoms with Crippen LogP contribution >= 0.6 is 0 Å². The Bertz CT molecular complexity index is 656. The smallest absolute Gasteiger partial charge is 0.229 e. The van der Waals surface area contributed by atoms with Gasteiger partial charge in [-0.1, -0.05) is 0 Å². The second kappa shape index (κ2) is 6.34. The molecule has 2 aliphatic heterocycles. The summed E-state index contributed by atoms with van der Waals surface area (Å²) in [5, 5.41) is 2.95. The number of nitrogens with one attached hydrogen (secondary N) is 1. The monoisotopic (exact) mass is 330 g/mol. The summed E-state index contributed by atoms with van der Waals surface area (Å²) in [7, 11) is 0. The number of amides is 2. The van der Waals surface area contributed by atoms with Gasteiger partial charge in [0.1, 0.15) is 13.2 Å². The molecule has 2 fully saturated rings. The third kappa shape index (κ3) is 3.18. The zero-order valence-corrected chi connectivity index (χ0v) is 13.6. The maximum absolute atomic E-state index is 12.6. The summed E-state index contributed by atoms with van der Waals surface area (Å²) in [6, 6.07) is 5.43. The maximum Gasteiger partial charge on any atom is 0.229 e. The normalized spacial score (nSPS) is 22.8. The van der Waals surface area contributed by atoms with E-state index in [0.29, 0.717) is 36.9 Å². The summed E-state index contributed by atoms with van der Waals surface area (Å²) in [6.45, 7) is 2.38. The fraction of sp³-hybridized carbons (Fsp3) is 0.556. The first-order valence-electron chi connectivity index (χ1n) is 8.70. The molecule has 1 aliphatic carbocycles. The molecule has 1 aromatic rings. The molecule has 2 amide bonds. The molecule has 1 saturated carbocycles. The number of rotatable bonds is 3. The first-order chi connectivity index (χ1) is 11.7. The van der Waals surface area contributed by atoms with Gasteiger partial charge in [-0.3, -0.25) is 9.59 Å². The number of carbonyl (C=O) groups excluding carboxylic acids is 2. The molecule has 1 aromatic carbocycles. The third-order valence-electron chi connectivity index (χ3n) is 4.84. The Morgan fingerprint density at radius 3 is 2.62 bits per heavy atom. The molecule has 0 spiro atoms. The number of anilines is 1. The van der Waals surface area contributed by atoms with E-state index in [-0.39, 0.29) is 23.7 Å². The molecule has 0 unspecified atom stereocenters. The van der Waals surface area contributed by atoms with Crippen LogP contribution in [0.25, 0.3) is 0 Å². The molecule has 0 bridgehead atoms. The fourth-order valence-electron chi connectivity index (χ4n) is 3.35. The average Bonchev–Trinajstić information content (AvgIpc) is 3.46. The zero-order valence-electron chi connectivity index (χ0n) is 13.6. The zero-order chi connectivity index (χ0) is 16.5. The lowest BCUT2D eigenvalue weighted by Gasteiger charge is -2.32. The molecule has 0 radical (unpaired) electrons. The molecule has 3 aliphatic rings. The predicted molar refractivity (Wildman–Crippen MR) is 88.1 cm³/mol. The van der Waals surface area contributed by atoms with Crippen LogP contribution in [-0.4, -0.2) is 43.0 Å². The van der Waals surface area contributed by atoms with Gasteiger partial charge in [0.15, 0.2) is 11.5 Å². The lowest BCUT2D eigenvalue weighted by atomic mass is 9.96. The van der Waals surface area contributed by atoms with Gasteiger partial charge in [0, 0.05) is 30.8 Å². The number of benzene rings is 1. The van der Waals surface area contributed by atoms with Crippen molar-refractivity contribution in [3.05, 3.63) is 18.2 Å². The summed E-state index contributed by atoms with van der Waals surface area (Å²) in [5.74, 6) is 1.64. The van der Waals surface area contributed by atoms with Gasteiger partial charge in [-0.2, -0.15) is 0 Å². The third-order valence-corrected chi connectivity index (χ3v) is 4.84. The van der Waals surface area contributed by atoms with Crippen molar-refractivity contribution in [3.63, 3.8) is 0 Å². The van der Waals surface area contributed by atoms with Crippen LogP contribution in [0.1, 0.15) is 25.7 Å². The maximum atomic E-state index is 12.6. The number of ether oxygens (including phenoxy) is 2. The van der Waals surface area contributed by atoms with Crippen molar-refractivity contribution in [2.45, 2.75) is 25.7 Å². The Morgan fingerprint density at radius 2 is 1.83 bits per heavy atom. The molecular formula is C18H22N2O4. The number of fused-ring (bicyclic) bond motifs is 1. The van der Waals surface area contributed by atoms with E-state index < -0.39 is 0 Å². The molecule has 6 nitrogen and oxygen atoms in total. The van der Waals surface area contributed by atoms with Crippen LogP contribution in [-0.2, 0) is 9.59 Å². The van der Waals surface area contributed by atoms with E-state index in [1.165, 1.54) is 0 Å². The largest absolute Gasteiger partial charge is 0.486 e. The number of piperidine rings is 1. The Kier molecular flexibility index (Phi) is 4.04. The van der Waals surface area contributed by atoms with E-state index in [2.05, 4.69) is 5.32 Å². The summed E-state index contributed by atoms with van der Waals surface area (Å²) >= 11 is 0. The lowest BCUT2D eigenvalue weighted by Crippen LogP contribution is -2.44. The van der Waals surface area contributed by atoms with Gasteiger partial charge in [0.05, 0.1) is 5.92 Å². The van der Waals surface area contributed by atoms with Crippen molar-refractivity contribution in [2.24, 2.45) is 11.8 Å². The number of nitrogens with zero attached hydrogens (tertiary/aromatic N) is 1. The van der Waals surface area contributed by atoms with E-state index in [4.69, 9.17) is 9.47 Å². The van der Waals surface area contributed by atoms with Crippen molar-refractivity contribution in [1.29, 1.82) is 0 Å². The molecule has 1 atom stereocenters. The summed E-state index contributed by atoms with van der Waals surface area (Å²) in [5.41, 5.74) is 0.704. The van der Waals surface area contributed by atoms with Gasteiger partial charge in [0.2, 0.25) is 11.8 Å². The molecule has 1 saturated heterocycles. The van der Waals surface area contributed by atoms with Gasteiger partial charge in [0.25, 0.3) is 0 Å². The highest BCUT2D eigenvalue weighted by molar-refractivity contribution is 5.93. The van der Waals surface area contributed by atoms with Crippen molar-refractivity contribution < 1.29 is 19.1 Å². The standard InChI is InChI=1S/C18H22N2O4/c21-17(13-2-1-7-20(11-13)18(22)12-3-4-12)19-14-5-6-15-16(10-14)24-9-8-23-15/h5-6,10,12-13H,1-4,7-9,11H2,(H,19,21)/t13-/m1/s1. The van der Waals surface area contributed by atoms with Crippen LogP contribution in [0.5, 0.6) is 11.5 Å². The first-order valence-corrected chi connectivity index (χ1v) is 8.70. The van der Waals surface area contributed by atoms with Crippen LogP contribution in [0.3, 0.4) is 0 Å². The summed E-state index contributed by atoms with van der Waals surface area (Å²) in [6.07, 6.45) is 3.72. The SMILES string of the molecule is O=C(Nc1ccc2c(c1)OCCO2)[C@@H]1CCCN(C(=O)C2CC2)C1. The van der Waals surface area contributed by atoms with Gasteiger partial charge < -0.3 is 19.7 Å². The molecule has 0 aromatic heterocycles. The minimum Gasteiger partial charge on any atom is -0.486 e. The van der Waals surface area contributed by atoms with E-state index in [9.17, 15) is 9.59 Å². The van der Waals surface area contributed by atoms with E-state index in [1.54, 1.807) is 6.07 Å². The second-order valence-corrected chi connectivity index (χ2v) is 6.75. The minimum atomic E-state index is -0.144. The molecule has 128 valence electrons. The predicted octanol–water partition coefficient (Wildman–Crippen LogP) is 2.04. The highest BCUT2D eigenvalue weighted by Gasteiger charge is 2.36. The van der Waals surface area contributed by atoms with Crippen molar-refractivity contribution in [1.82, 2.24) is 4.90 Å². The molecular weight excluding hydrogens is 308 g/mol. The second-order valence-electron chi connectivity index (χ2n) is 6.75. The number of hydrogen-bond donors (Lipinski definition) is 1. The average molecular weight is 330 g/mol. The van der Waals surface area contributed by atoms with E-state index in [0.717, 1.165) is 32.2 Å². The minimum absolute atomic E-state index is 0.0278. The highest BCUT2D eigenvalue weighted by Crippen LogP contribution is 2.34. The molecule has 1 N–H and O–H groups in total. The summed E-state index contributed by atoms with van der Waals surface area (Å²) < 4.78 is 11.0. The van der Waals surface area contributed by atoms with Gasteiger partial charge in [-0.05, 0) is 37.8 Å². The van der Waals surface area contributed by atoms with Crippen molar-refractivity contribution >= 4 is 17.5 Å². The Hall–Kier alpha value is -2.24. The van der Waals surface area contributed by atoms with Crippen LogP contribution in [0, 0.1) is 11.8 Å². The van der Waals surface area contributed by atoms with Crippen LogP contribution in [0.4, 0.5) is 5.69 Å². The molecule has 4 rings (SSSR count). The number of carbonyl (C=O) groups is 2. The topological polar surface area (TPSA) is 67.9 Å². The fourth-order valence-corrected chi connectivity index (χ4v) is 3.35. The number of likely N-dealkylation sites (tertiary alicyclic amines) is 1. The number of hydrogen-bond acceptors (Lipinski definition) is 4. The Balaban J connectivity index is 1.39. The van der Waals surface area contributed by atoms with Crippen LogP contribution in [0.15, 0.2) is 18.2 Å². The van der Waals surface area contributed by atoms with Gasteiger partial charge in [-0.25, -0.2) is 0 Å². The molecule has 24 heavy (non-hydrogen) atoms. The van der Waals surface area contributed by atoms with Crippen molar-refractivity contribution in [2.75, 3.05) is 31.6 Å². The highest BCUT2D eigenvalue weighted by atomic mass is 16.6. The van der Waals surface area contributed by atoms with Gasteiger partial charge >= 0.3 is 0 Å². The summed E-state index contributed by atoms with van der Waals surface area (Å²) in [4.78, 5) is 26.6. The van der Waals surface area contributed by atoms with E-state index >= 15 is 0 Å². The quantitative estimate of drug-likeness (QED) is 0.921. The Morgan fingerprint density at radius 1 is 1.04 bits per heavy atom. The molecule has 2 heterocycles. The Labute approximate surface area is 141 Å². The van der Waals surface area contributed by atoms with E-state index in [1.807, 2.05) is 17.0 Å². The van der Waals surface area contributed by atoms with Crippen LogP contribution in [0.2, 0.25) is 0 Å². The lowest BCUT2D eigenvalue weighted by molar-refractivity contribution is -0.135. The molecule has 6 heteroatoms. The van der Waals surface area contributed by atoms with Gasteiger partial charge in [-0.15, -0.1) is 0 Å². The first kappa shape index (κ1) is 15.3. The van der Waals surface area contributed by atoms with Crippen molar-refractivity contribution in [3.8, 4) is 11.5 Å². The van der Waals surface area contributed by atoms with Crippen LogP contribution < -0.4 is 14.8 Å².